The van der Waals surface area contributed by atoms with Crippen molar-refractivity contribution in [3.05, 3.63) is 46.5 Å². The molecule has 0 fully saturated rings. The Hall–Kier alpha value is -1.08. The molecule has 15 heavy (non-hydrogen) atoms. The Bertz CT molecular complexity index is 326. The maximum absolute atomic E-state index is 3.41. The maximum atomic E-state index is 3.41. The molecule has 1 heteroatoms. The fraction of sp³-hybridized carbons (Fsp3) is 0.429. The predicted octanol–water partition coefficient (Wildman–Crippen LogP) is 3.36. The Labute approximate surface area is 93.2 Å². The molecule has 0 aliphatic heterocycles. The summed E-state index contributed by atoms with van der Waals surface area (Å²) < 4.78 is 0. The predicted molar refractivity (Wildman–Crippen MR) is 67.1 cm³/mol. The number of hydrogen-bond acceptors (Lipinski definition) is 1. The fourth-order valence-corrected chi connectivity index (χ4v) is 1.66. The van der Waals surface area contributed by atoms with Crippen molar-refractivity contribution >= 4 is 0 Å². The second-order valence-corrected chi connectivity index (χ2v) is 4.41. The van der Waals surface area contributed by atoms with Crippen molar-refractivity contribution in [2.75, 3.05) is 6.54 Å². The van der Waals surface area contributed by atoms with Crippen LogP contribution in [0.2, 0.25) is 0 Å². The summed E-state index contributed by atoms with van der Waals surface area (Å²) in [6, 6.07) is 6.69. The van der Waals surface area contributed by atoms with Gasteiger partial charge in [0.05, 0.1) is 0 Å². The van der Waals surface area contributed by atoms with E-state index in [4.69, 9.17) is 0 Å². The topological polar surface area (TPSA) is 12.0 Å². The smallest absolute Gasteiger partial charge is 0.0208 e. The zero-order valence-electron chi connectivity index (χ0n) is 10.2. The molecule has 0 radical (unpaired) electrons. The van der Waals surface area contributed by atoms with Gasteiger partial charge in [-0.1, -0.05) is 41.0 Å². The van der Waals surface area contributed by atoms with Gasteiger partial charge in [-0.05, 0) is 33.3 Å². The highest BCUT2D eigenvalue weighted by molar-refractivity contribution is 5.28. The van der Waals surface area contributed by atoms with Crippen LogP contribution < -0.4 is 5.32 Å². The van der Waals surface area contributed by atoms with Crippen molar-refractivity contribution in [1.82, 2.24) is 5.32 Å². The lowest BCUT2D eigenvalue weighted by atomic mass is 10.1. The summed E-state index contributed by atoms with van der Waals surface area (Å²) in [5.74, 6) is 0. The lowest BCUT2D eigenvalue weighted by molar-refractivity contribution is 0.756. The van der Waals surface area contributed by atoms with Gasteiger partial charge in [-0.25, -0.2) is 0 Å². The summed E-state index contributed by atoms with van der Waals surface area (Å²) in [5, 5.41) is 3.41. The van der Waals surface area contributed by atoms with Crippen LogP contribution in [0.15, 0.2) is 29.8 Å². The van der Waals surface area contributed by atoms with E-state index in [0.717, 1.165) is 13.1 Å². The Kier molecular flexibility index (Phi) is 4.57. The third kappa shape index (κ3) is 4.80. The summed E-state index contributed by atoms with van der Waals surface area (Å²) >= 11 is 0. The molecule has 0 saturated heterocycles. The number of benzene rings is 1. The monoisotopic (exact) mass is 203 g/mol. The standard InChI is InChI=1S/C14H21N/c1-11(2)5-6-15-10-14-8-12(3)7-13(4)9-14/h5,7-9,15H,6,10H2,1-4H3. The Morgan fingerprint density at radius 2 is 1.73 bits per heavy atom. The minimum Gasteiger partial charge on any atom is -0.309 e. The van der Waals surface area contributed by atoms with Crippen molar-refractivity contribution < 1.29 is 0 Å². The number of aryl methyl sites for hydroxylation is 2. The molecular formula is C14H21N. The number of hydrogen-bond donors (Lipinski definition) is 1. The van der Waals surface area contributed by atoms with E-state index < -0.39 is 0 Å². The molecule has 82 valence electrons. The van der Waals surface area contributed by atoms with Crippen molar-refractivity contribution in [2.24, 2.45) is 0 Å². The van der Waals surface area contributed by atoms with E-state index in [9.17, 15) is 0 Å². The molecule has 0 atom stereocenters. The molecule has 0 spiro atoms. The van der Waals surface area contributed by atoms with E-state index in [1.807, 2.05) is 0 Å². The van der Waals surface area contributed by atoms with Gasteiger partial charge in [-0.2, -0.15) is 0 Å². The molecule has 0 aliphatic carbocycles. The lowest BCUT2D eigenvalue weighted by Crippen LogP contribution is -2.13. The molecule has 0 bridgehead atoms. The Morgan fingerprint density at radius 1 is 1.13 bits per heavy atom. The molecule has 0 saturated carbocycles. The van der Waals surface area contributed by atoms with Gasteiger partial charge < -0.3 is 5.32 Å². The molecule has 0 heterocycles. The highest BCUT2D eigenvalue weighted by atomic mass is 14.8. The van der Waals surface area contributed by atoms with E-state index in [0.29, 0.717) is 0 Å². The SMILES string of the molecule is CC(C)=CCNCc1cc(C)cc(C)c1. The van der Waals surface area contributed by atoms with Gasteiger partial charge in [-0.15, -0.1) is 0 Å². The van der Waals surface area contributed by atoms with E-state index in [1.54, 1.807) is 0 Å². The van der Waals surface area contributed by atoms with Crippen LogP contribution >= 0.6 is 0 Å². The fourth-order valence-electron chi connectivity index (χ4n) is 1.66. The normalized spacial score (nSPS) is 10.1. The molecule has 1 aromatic carbocycles. The van der Waals surface area contributed by atoms with E-state index >= 15 is 0 Å². The lowest BCUT2D eigenvalue weighted by Gasteiger charge is -2.05. The van der Waals surface area contributed by atoms with Gasteiger partial charge in [0.1, 0.15) is 0 Å². The summed E-state index contributed by atoms with van der Waals surface area (Å²) in [6.45, 7) is 10.4. The highest BCUT2D eigenvalue weighted by Gasteiger charge is 1.94. The molecule has 0 aromatic heterocycles. The third-order valence-electron chi connectivity index (χ3n) is 2.27. The minimum atomic E-state index is 0.951. The summed E-state index contributed by atoms with van der Waals surface area (Å²) in [6.07, 6.45) is 2.21. The second kappa shape index (κ2) is 5.72. The van der Waals surface area contributed by atoms with Crippen LogP contribution in [0.25, 0.3) is 0 Å². The molecule has 0 aliphatic rings. The van der Waals surface area contributed by atoms with Gasteiger partial charge in [0.25, 0.3) is 0 Å². The number of nitrogens with one attached hydrogen (secondary N) is 1. The maximum Gasteiger partial charge on any atom is 0.0208 e. The van der Waals surface area contributed by atoms with Crippen LogP contribution in [-0.4, -0.2) is 6.54 Å². The van der Waals surface area contributed by atoms with Crippen molar-refractivity contribution in [3.8, 4) is 0 Å². The van der Waals surface area contributed by atoms with Gasteiger partial charge in [0.2, 0.25) is 0 Å². The molecule has 1 rings (SSSR count). The zero-order valence-corrected chi connectivity index (χ0v) is 10.2. The largest absolute Gasteiger partial charge is 0.309 e. The Morgan fingerprint density at radius 3 is 2.27 bits per heavy atom. The van der Waals surface area contributed by atoms with Crippen LogP contribution in [0.5, 0.6) is 0 Å². The first kappa shape index (κ1) is 12.0. The summed E-state index contributed by atoms with van der Waals surface area (Å²) in [5.41, 5.74) is 5.42. The van der Waals surface area contributed by atoms with E-state index in [1.165, 1.54) is 22.3 Å². The quantitative estimate of drug-likeness (QED) is 0.584. The zero-order chi connectivity index (χ0) is 11.3. The third-order valence-corrected chi connectivity index (χ3v) is 2.27. The van der Waals surface area contributed by atoms with Crippen LogP contribution in [0.4, 0.5) is 0 Å². The molecule has 1 nitrogen and oxygen atoms in total. The van der Waals surface area contributed by atoms with Crippen LogP contribution in [0, 0.1) is 13.8 Å². The van der Waals surface area contributed by atoms with E-state index in [-0.39, 0.29) is 0 Å². The highest BCUT2D eigenvalue weighted by Crippen LogP contribution is 2.08. The average molecular weight is 203 g/mol. The summed E-state index contributed by atoms with van der Waals surface area (Å²) in [7, 11) is 0. The van der Waals surface area contributed by atoms with Crippen LogP contribution in [-0.2, 0) is 6.54 Å². The first-order valence-corrected chi connectivity index (χ1v) is 5.49. The van der Waals surface area contributed by atoms with Gasteiger partial charge in [0.15, 0.2) is 0 Å². The number of rotatable bonds is 4. The van der Waals surface area contributed by atoms with Gasteiger partial charge in [-0.3, -0.25) is 0 Å². The van der Waals surface area contributed by atoms with Crippen molar-refractivity contribution in [1.29, 1.82) is 0 Å². The van der Waals surface area contributed by atoms with E-state index in [2.05, 4.69) is 57.3 Å². The van der Waals surface area contributed by atoms with Gasteiger partial charge in [0, 0.05) is 13.1 Å². The Balaban J connectivity index is 2.47. The van der Waals surface area contributed by atoms with Gasteiger partial charge >= 0.3 is 0 Å². The minimum absolute atomic E-state index is 0.951. The van der Waals surface area contributed by atoms with Crippen molar-refractivity contribution in [2.45, 2.75) is 34.2 Å². The van der Waals surface area contributed by atoms with Crippen molar-refractivity contribution in [3.63, 3.8) is 0 Å². The first-order chi connectivity index (χ1) is 7.08. The number of allylic oxidation sites excluding steroid dienone is 1. The molecule has 0 unspecified atom stereocenters. The van der Waals surface area contributed by atoms with Crippen LogP contribution in [0.1, 0.15) is 30.5 Å². The first-order valence-electron chi connectivity index (χ1n) is 5.49. The average Bonchev–Trinajstić information content (AvgIpc) is 2.10. The van der Waals surface area contributed by atoms with Crippen LogP contribution in [0.3, 0.4) is 0 Å². The molecule has 1 N–H and O–H groups in total. The second-order valence-electron chi connectivity index (χ2n) is 4.41. The molecule has 0 amide bonds. The molecular weight excluding hydrogens is 182 g/mol. The summed E-state index contributed by atoms with van der Waals surface area (Å²) in [4.78, 5) is 0. The molecule has 1 aromatic rings.